The summed E-state index contributed by atoms with van der Waals surface area (Å²) in [6.07, 6.45) is 2.87. The molecule has 3 aromatic rings. The lowest BCUT2D eigenvalue weighted by Crippen LogP contribution is -2.59. The number of hydrogen-bond donors (Lipinski definition) is 1. The quantitative estimate of drug-likeness (QED) is 0.246. The zero-order valence-corrected chi connectivity index (χ0v) is 26.6. The van der Waals surface area contributed by atoms with Gasteiger partial charge in [0.25, 0.3) is 0 Å². The summed E-state index contributed by atoms with van der Waals surface area (Å²) in [5.74, 6) is -1.54. The van der Waals surface area contributed by atoms with E-state index >= 15 is 0 Å². The molecule has 2 aromatic carbocycles. The van der Waals surface area contributed by atoms with Gasteiger partial charge in [-0.1, -0.05) is 60.5 Å². The van der Waals surface area contributed by atoms with Gasteiger partial charge in [0.1, 0.15) is 0 Å². The van der Waals surface area contributed by atoms with Crippen LogP contribution >= 0.6 is 34.5 Å². The highest BCUT2D eigenvalue weighted by Gasteiger charge is 2.55. The summed E-state index contributed by atoms with van der Waals surface area (Å²) in [4.78, 5) is 29.5. The summed E-state index contributed by atoms with van der Waals surface area (Å²) >= 11 is 14.2. The second-order valence-electron chi connectivity index (χ2n) is 11.7. The van der Waals surface area contributed by atoms with Crippen molar-refractivity contribution >= 4 is 56.4 Å². The van der Waals surface area contributed by atoms with Crippen molar-refractivity contribution in [3.63, 3.8) is 0 Å². The van der Waals surface area contributed by atoms with Crippen LogP contribution < -0.4 is 0 Å². The first-order chi connectivity index (χ1) is 19.9. The number of nitrogens with zero attached hydrogens (tertiary/aromatic N) is 2. The number of carboxylic acid groups (broad SMARTS) is 1. The van der Waals surface area contributed by atoms with Gasteiger partial charge in [-0.3, -0.25) is 9.59 Å². The third-order valence-corrected chi connectivity index (χ3v) is 11.0. The first-order valence-electron chi connectivity index (χ1n) is 13.9. The van der Waals surface area contributed by atoms with Gasteiger partial charge in [0.15, 0.2) is 0 Å². The zero-order chi connectivity index (χ0) is 30.2. The number of carbonyl (C=O) groups excluding carboxylic acids is 1. The van der Waals surface area contributed by atoms with Gasteiger partial charge >= 0.3 is 5.97 Å². The molecule has 5 rings (SSSR count). The molecule has 2 aliphatic rings. The third kappa shape index (κ3) is 6.86. The molecular formula is C31H34Cl2N2O5S2. The summed E-state index contributed by atoms with van der Waals surface area (Å²) < 4.78 is 27.7. The Balaban J connectivity index is 1.66. The fourth-order valence-electron chi connectivity index (χ4n) is 6.29. The van der Waals surface area contributed by atoms with Crippen LogP contribution in [0.5, 0.6) is 0 Å². The Bertz CT molecular complexity index is 1540. The Kier molecular flexibility index (Phi) is 9.07. The molecule has 224 valence electrons. The monoisotopic (exact) mass is 648 g/mol. The third-order valence-electron chi connectivity index (χ3n) is 8.43. The number of sulfonamides is 1. The molecule has 0 radical (unpaired) electrons. The lowest BCUT2D eigenvalue weighted by Gasteiger charge is -2.52. The molecule has 4 atom stereocenters. The van der Waals surface area contributed by atoms with Crippen molar-refractivity contribution in [3.05, 3.63) is 92.1 Å². The number of aliphatic carboxylic acids is 1. The second-order valence-corrected chi connectivity index (χ2v) is 15.6. The highest BCUT2D eigenvalue weighted by molar-refractivity contribution is 7.88. The number of benzene rings is 2. The number of hydrogen-bond acceptors (Lipinski definition) is 5. The number of halogens is 2. The fraction of sp³-hybridized carbons (Fsp3) is 0.419. The standard InChI is InChI=1S/C31H34Cl2N2O5S2/c1-31(17-28(36)37)16-26(22-5-3-6-24(33)15-22)29(21-10-12-23(32)13-11-21)35(30(31)38)27(20-8-9-20)19-34(42(2,39)40)18-25-7-4-14-41-25/h3-7,10-15,20,26-27,29H,8-9,16-19H2,1-2H3,(H,36,37)/t26-,27-,29-,31+/m1/s1. The van der Waals surface area contributed by atoms with Crippen LogP contribution in [0.15, 0.2) is 66.0 Å². The van der Waals surface area contributed by atoms with E-state index in [0.717, 1.165) is 28.8 Å². The molecule has 0 bridgehead atoms. The Morgan fingerprint density at radius 3 is 2.38 bits per heavy atom. The number of amides is 1. The Morgan fingerprint density at radius 1 is 1.10 bits per heavy atom. The van der Waals surface area contributed by atoms with Crippen LogP contribution in [-0.4, -0.2) is 53.4 Å². The van der Waals surface area contributed by atoms with Crippen molar-refractivity contribution in [2.75, 3.05) is 12.8 Å². The highest BCUT2D eigenvalue weighted by Crippen LogP contribution is 2.54. The number of carboxylic acids is 1. The summed E-state index contributed by atoms with van der Waals surface area (Å²) in [6.45, 7) is 2.04. The number of carbonyl (C=O) groups is 2. The molecule has 1 amide bonds. The van der Waals surface area contributed by atoms with Crippen molar-refractivity contribution in [1.29, 1.82) is 0 Å². The van der Waals surface area contributed by atoms with Gasteiger partial charge in [-0.2, -0.15) is 4.31 Å². The van der Waals surface area contributed by atoms with Gasteiger partial charge in [-0.25, -0.2) is 8.42 Å². The van der Waals surface area contributed by atoms with Gasteiger partial charge < -0.3 is 10.0 Å². The minimum atomic E-state index is -3.63. The topological polar surface area (TPSA) is 95.0 Å². The van der Waals surface area contributed by atoms with E-state index in [4.69, 9.17) is 23.2 Å². The molecule has 1 aliphatic carbocycles. The Morgan fingerprint density at radius 2 is 1.81 bits per heavy atom. The average molecular weight is 650 g/mol. The Labute approximate surface area is 261 Å². The van der Waals surface area contributed by atoms with E-state index in [1.165, 1.54) is 21.9 Å². The van der Waals surface area contributed by atoms with Crippen LogP contribution in [0.4, 0.5) is 0 Å². The first-order valence-corrected chi connectivity index (χ1v) is 17.4. The van der Waals surface area contributed by atoms with E-state index in [1.807, 2.05) is 52.7 Å². The molecule has 42 heavy (non-hydrogen) atoms. The molecule has 0 unspecified atom stereocenters. The normalized spacial score (nSPS) is 23.7. The van der Waals surface area contributed by atoms with Crippen molar-refractivity contribution in [2.45, 2.75) is 57.2 Å². The van der Waals surface area contributed by atoms with E-state index in [-0.39, 0.29) is 37.3 Å². The molecule has 2 fully saturated rings. The van der Waals surface area contributed by atoms with Crippen LogP contribution in [-0.2, 0) is 26.2 Å². The van der Waals surface area contributed by atoms with Crippen LogP contribution in [0.25, 0.3) is 0 Å². The second kappa shape index (κ2) is 12.3. The first kappa shape index (κ1) is 31.0. The van der Waals surface area contributed by atoms with Crippen molar-refractivity contribution < 1.29 is 23.1 Å². The maximum atomic E-state index is 14.6. The van der Waals surface area contributed by atoms with Crippen LogP contribution in [0.1, 0.15) is 60.6 Å². The van der Waals surface area contributed by atoms with Crippen LogP contribution in [0.3, 0.4) is 0 Å². The predicted molar refractivity (Wildman–Crippen MR) is 166 cm³/mol. The summed E-state index contributed by atoms with van der Waals surface area (Å²) in [5.41, 5.74) is 0.535. The van der Waals surface area contributed by atoms with E-state index in [2.05, 4.69) is 0 Å². The van der Waals surface area contributed by atoms with Crippen molar-refractivity contribution in [2.24, 2.45) is 11.3 Å². The molecule has 1 N–H and O–H groups in total. The summed E-state index contributed by atoms with van der Waals surface area (Å²) in [7, 11) is -3.63. The highest BCUT2D eigenvalue weighted by atomic mass is 35.5. The SMILES string of the molecule is C[C@@]1(CC(=O)O)C[C@H](c2cccc(Cl)c2)[C@@H](c2ccc(Cl)cc2)N([C@H](CN(Cc2cccs2)S(C)(=O)=O)C2CC2)C1=O. The molecule has 1 saturated carbocycles. The van der Waals surface area contributed by atoms with Crippen molar-refractivity contribution in [3.8, 4) is 0 Å². The van der Waals surface area contributed by atoms with Crippen molar-refractivity contribution in [1.82, 2.24) is 9.21 Å². The minimum Gasteiger partial charge on any atom is -0.481 e. The number of likely N-dealkylation sites (tertiary alicyclic amines) is 1. The van der Waals surface area contributed by atoms with Gasteiger partial charge in [-0.15, -0.1) is 11.3 Å². The predicted octanol–water partition coefficient (Wildman–Crippen LogP) is 6.83. The van der Waals surface area contributed by atoms with Gasteiger partial charge in [0.05, 0.1) is 24.1 Å². The fourth-order valence-corrected chi connectivity index (χ4v) is 8.22. The minimum absolute atomic E-state index is 0.0866. The number of rotatable bonds is 11. The average Bonchev–Trinajstić information content (AvgIpc) is 3.62. The molecule has 1 aromatic heterocycles. The molecule has 1 saturated heterocycles. The number of thiophene rings is 1. The van der Waals surface area contributed by atoms with Gasteiger partial charge in [-0.05, 0) is 72.0 Å². The Hall–Kier alpha value is -2.43. The van der Waals surface area contributed by atoms with Crippen LogP contribution in [0, 0.1) is 11.3 Å². The molecule has 7 nitrogen and oxygen atoms in total. The van der Waals surface area contributed by atoms with Gasteiger partial charge in [0.2, 0.25) is 15.9 Å². The molecular weight excluding hydrogens is 615 g/mol. The molecule has 1 aliphatic heterocycles. The zero-order valence-electron chi connectivity index (χ0n) is 23.4. The van der Waals surface area contributed by atoms with E-state index in [1.54, 1.807) is 25.1 Å². The lowest BCUT2D eigenvalue weighted by molar-refractivity contribution is -0.161. The lowest BCUT2D eigenvalue weighted by atomic mass is 9.67. The number of piperidine rings is 1. The maximum Gasteiger partial charge on any atom is 0.304 e. The van der Waals surface area contributed by atoms with E-state index in [0.29, 0.717) is 16.5 Å². The van der Waals surface area contributed by atoms with E-state index in [9.17, 15) is 23.1 Å². The van der Waals surface area contributed by atoms with Gasteiger partial charge in [0, 0.05) is 40.0 Å². The van der Waals surface area contributed by atoms with E-state index < -0.39 is 33.5 Å². The summed E-state index contributed by atoms with van der Waals surface area (Å²) in [5, 5.41) is 12.9. The molecule has 11 heteroatoms. The molecule has 2 heterocycles. The largest absolute Gasteiger partial charge is 0.481 e. The van der Waals surface area contributed by atoms with Crippen LogP contribution in [0.2, 0.25) is 10.0 Å². The maximum absolute atomic E-state index is 14.6. The smallest absolute Gasteiger partial charge is 0.304 e. The molecule has 0 spiro atoms. The summed E-state index contributed by atoms with van der Waals surface area (Å²) in [6, 6.07) is 17.7.